The Labute approximate surface area is 258 Å². The molecule has 0 aliphatic rings. The summed E-state index contributed by atoms with van der Waals surface area (Å²) < 4.78 is 26.7. The van der Waals surface area contributed by atoms with Crippen molar-refractivity contribution in [3.8, 4) is 0 Å². The van der Waals surface area contributed by atoms with Gasteiger partial charge in [-0.25, -0.2) is 17.9 Å². The van der Waals surface area contributed by atoms with Crippen LogP contribution >= 0.6 is 11.8 Å². The molecule has 0 atom stereocenters. The van der Waals surface area contributed by atoms with Crippen LogP contribution in [0, 0.1) is 6.92 Å². The fourth-order valence-electron chi connectivity index (χ4n) is 4.66. The quantitative estimate of drug-likeness (QED) is 0.121. The van der Waals surface area contributed by atoms with Crippen LogP contribution in [-0.4, -0.2) is 25.4 Å². The van der Waals surface area contributed by atoms with E-state index >= 15 is 0 Å². The van der Waals surface area contributed by atoms with Crippen LogP contribution in [0.3, 0.4) is 0 Å². The summed E-state index contributed by atoms with van der Waals surface area (Å²) in [6.45, 7) is 4.12. The number of urea groups is 1. The Balaban J connectivity index is 1.48. The fourth-order valence-corrected chi connectivity index (χ4v) is 6.29. The normalized spacial score (nSPS) is 11.3. The number of thioether (sulfide) groups is 1. The first-order valence-electron chi connectivity index (χ1n) is 15.7. The lowest BCUT2D eigenvalue weighted by Gasteiger charge is -2.10. The van der Waals surface area contributed by atoms with Gasteiger partial charge in [-0.15, -0.1) is 0 Å². The molecule has 2 rings (SSSR count). The summed E-state index contributed by atoms with van der Waals surface area (Å²) in [6, 6.07) is 11.9. The van der Waals surface area contributed by atoms with Gasteiger partial charge in [0.1, 0.15) is 0 Å². The molecule has 234 valence electrons. The first-order chi connectivity index (χ1) is 20.3. The molecule has 0 aromatic heterocycles. The second kappa shape index (κ2) is 21.2. The molecule has 42 heavy (non-hydrogen) atoms. The highest BCUT2D eigenvalue weighted by molar-refractivity contribution is 8.13. The number of unbranched alkanes of at least 4 members (excludes halogenated alkanes) is 15. The predicted molar refractivity (Wildman–Crippen MR) is 178 cm³/mol. The fraction of sp³-hybridized carbons (Fsp3) is 0.576. The molecule has 7 nitrogen and oxygen atoms in total. The van der Waals surface area contributed by atoms with Crippen molar-refractivity contribution in [2.45, 2.75) is 121 Å². The van der Waals surface area contributed by atoms with Crippen LogP contribution in [0.15, 0.2) is 53.4 Å². The van der Waals surface area contributed by atoms with Gasteiger partial charge in [-0.3, -0.25) is 4.79 Å². The first-order valence-corrected chi connectivity index (χ1v) is 18.2. The zero-order valence-corrected chi connectivity index (χ0v) is 27.2. The van der Waals surface area contributed by atoms with Crippen LogP contribution in [0.5, 0.6) is 0 Å². The summed E-state index contributed by atoms with van der Waals surface area (Å²) >= 11 is 1.28. The lowest BCUT2D eigenvalue weighted by Crippen LogP contribution is -2.34. The molecule has 3 N–H and O–H groups in total. The number of aryl methyl sites for hydroxylation is 1. The number of carbonyl (C=O) groups excluding carboxylic acids is 2. The molecule has 2 aromatic carbocycles. The van der Waals surface area contributed by atoms with Crippen LogP contribution in [0.2, 0.25) is 0 Å². The maximum atomic E-state index is 12.4. The van der Waals surface area contributed by atoms with E-state index in [0.29, 0.717) is 11.4 Å². The molecular weight excluding hydrogens is 567 g/mol. The van der Waals surface area contributed by atoms with E-state index in [2.05, 4.69) is 17.6 Å². The second-order valence-corrected chi connectivity index (χ2v) is 13.8. The number of carbonyl (C=O) groups is 2. The minimum Gasteiger partial charge on any atom is -0.317 e. The first kappa shape index (κ1) is 35.7. The minimum absolute atomic E-state index is 0.0124. The Kier molecular flexibility index (Phi) is 18.0. The third-order valence-electron chi connectivity index (χ3n) is 7.18. The topological polar surface area (TPSA) is 104 Å². The zero-order chi connectivity index (χ0) is 30.5. The highest BCUT2D eigenvalue weighted by Gasteiger charge is 2.17. The van der Waals surface area contributed by atoms with Crippen LogP contribution < -0.4 is 15.4 Å². The molecule has 0 fully saturated rings. The Morgan fingerprint density at radius 2 is 1.05 bits per heavy atom. The molecule has 0 radical (unpaired) electrons. The Bertz CT molecular complexity index is 1140. The number of nitrogens with one attached hydrogen (secondary N) is 3. The number of hydrogen-bond acceptors (Lipinski definition) is 5. The van der Waals surface area contributed by atoms with Crippen molar-refractivity contribution in [2.24, 2.45) is 0 Å². The standard InChI is InChI=1S/C33H51N3O4S2/c1-3-4-5-6-7-8-9-10-11-12-13-14-15-16-17-18-27-41-33(38)35-30-23-21-29(22-24-30)34-32(37)36-42(39,40)31-25-19-28(2)20-26-31/h19-26H,3-18,27H2,1-2H3,(H,35,38)(H2,34,36,37). The van der Waals surface area contributed by atoms with Gasteiger partial charge in [0.05, 0.1) is 4.90 Å². The summed E-state index contributed by atoms with van der Waals surface area (Å²) in [4.78, 5) is 24.5. The van der Waals surface area contributed by atoms with Crippen molar-refractivity contribution in [1.82, 2.24) is 4.72 Å². The maximum Gasteiger partial charge on any atom is 0.333 e. The number of sulfonamides is 1. The van der Waals surface area contributed by atoms with Crippen molar-refractivity contribution in [3.05, 3.63) is 54.1 Å². The van der Waals surface area contributed by atoms with Crippen molar-refractivity contribution < 1.29 is 18.0 Å². The van der Waals surface area contributed by atoms with Crippen molar-refractivity contribution in [3.63, 3.8) is 0 Å². The van der Waals surface area contributed by atoms with Crippen molar-refractivity contribution >= 4 is 44.4 Å². The van der Waals surface area contributed by atoms with Gasteiger partial charge < -0.3 is 10.6 Å². The summed E-state index contributed by atoms with van der Waals surface area (Å²) in [6.07, 6.45) is 21.3. The molecule has 0 aliphatic heterocycles. The molecule has 0 heterocycles. The summed E-state index contributed by atoms with van der Waals surface area (Å²) in [5.41, 5.74) is 1.94. The van der Waals surface area contributed by atoms with E-state index in [9.17, 15) is 18.0 Å². The van der Waals surface area contributed by atoms with Gasteiger partial charge >= 0.3 is 6.03 Å². The van der Waals surface area contributed by atoms with Crippen molar-refractivity contribution in [2.75, 3.05) is 16.4 Å². The van der Waals surface area contributed by atoms with Gasteiger partial charge in [-0.1, -0.05) is 133 Å². The molecule has 2 aromatic rings. The molecule has 0 bridgehead atoms. The Morgan fingerprint density at radius 3 is 1.52 bits per heavy atom. The molecule has 0 saturated carbocycles. The van der Waals surface area contributed by atoms with Crippen LogP contribution in [0.1, 0.15) is 115 Å². The van der Waals surface area contributed by atoms with Crippen LogP contribution in [-0.2, 0) is 10.0 Å². The van der Waals surface area contributed by atoms with E-state index in [1.807, 2.05) is 11.6 Å². The number of amides is 3. The van der Waals surface area contributed by atoms with Gasteiger partial charge in [0.15, 0.2) is 0 Å². The lowest BCUT2D eigenvalue weighted by atomic mass is 10.0. The summed E-state index contributed by atoms with van der Waals surface area (Å²) in [5.74, 6) is 0.791. The summed E-state index contributed by atoms with van der Waals surface area (Å²) in [7, 11) is -3.97. The lowest BCUT2D eigenvalue weighted by molar-refractivity contribution is 0.256. The van der Waals surface area contributed by atoms with Gasteiger partial charge in [0.2, 0.25) is 0 Å². The number of hydrogen-bond donors (Lipinski definition) is 3. The molecule has 0 spiro atoms. The van der Waals surface area contributed by atoms with Gasteiger partial charge in [0.25, 0.3) is 15.3 Å². The monoisotopic (exact) mass is 617 g/mol. The Hall–Kier alpha value is -2.52. The third kappa shape index (κ3) is 16.2. The van der Waals surface area contributed by atoms with Gasteiger partial charge in [-0.05, 0) is 49.7 Å². The van der Waals surface area contributed by atoms with Gasteiger partial charge in [-0.2, -0.15) is 0 Å². The molecule has 9 heteroatoms. The zero-order valence-electron chi connectivity index (χ0n) is 25.6. The highest BCUT2D eigenvalue weighted by Crippen LogP contribution is 2.18. The molecule has 0 aliphatic carbocycles. The maximum absolute atomic E-state index is 12.4. The Morgan fingerprint density at radius 1 is 0.619 bits per heavy atom. The second-order valence-electron chi connectivity index (χ2n) is 11.0. The van der Waals surface area contributed by atoms with E-state index in [4.69, 9.17) is 0 Å². The van der Waals surface area contributed by atoms with E-state index in [1.165, 1.54) is 114 Å². The third-order valence-corrected chi connectivity index (χ3v) is 9.38. The van der Waals surface area contributed by atoms with Crippen LogP contribution in [0.4, 0.5) is 21.0 Å². The molecule has 0 unspecified atom stereocenters. The van der Waals surface area contributed by atoms with Gasteiger partial charge in [0, 0.05) is 17.1 Å². The minimum atomic E-state index is -3.97. The predicted octanol–water partition coefficient (Wildman–Crippen LogP) is 10.0. The van der Waals surface area contributed by atoms with E-state index < -0.39 is 16.1 Å². The number of benzene rings is 2. The van der Waals surface area contributed by atoms with E-state index in [-0.39, 0.29) is 10.1 Å². The largest absolute Gasteiger partial charge is 0.333 e. The highest BCUT2D eigenvalue weighted by atomic mass is 32.2. The smallest absolute Gasteiger partial charge is 0.317 e. The number of rotatable bonds is 21. The molecule has 0 saturated heterocycles. The molecule has 3 amide bonds. The van der Waals surface area contributed by atoms with E-state index in [0.717, 1.165) is 24.2 Å². The average molecular weight is 618 g/mol. The van der Waals surface area contributed by atoms with E-state index in [1.54, 1.807) is 36.4 Å². The number of anilines is 2. The molecular formula is C33H51N3O4S2. The van der Waals surface area contributed by atoms with Crippen LogP contribution in [0.25, 0.3) is 0 Å². The summed E-state index contributed by atoms with van der Waals surface area (Å²) in [5, 5.41) is 5.23. The van der Waals surface area contributed by atoms with Crippen molar-refractivity contribution in [1.29, 1.82) is 0 Å². The average Bonchev–Trinajstić information content (AvgIpc) is 2.95. The SMILES string of the molecule is CCCCCCCCCCCCCCCCCCSC(=O)Nc1ccc(NC(=O)NS(=O)(=O)c2ccc(C)cc2)cc1.